The normalized spacial score (nSPS) is 12.8. The van der Waals surface area contributed by atoms with E-state index in [0.717, 1.165) is 5.01 Å². The van der Waals surface area contributed by atoms with Crippen LogP contribution in [0.15, 0.2) is 6.20 Å². The summed E-state index contributed by atoms with van der Waals surface area (Å²) in [6.07, 6.45) is 0.323. The zero-order chi connectivity index (χ0) is 9.14. The van der Waals surface area contributed by atoms with Gasteiger partial charge in [-0.25, -0.2) is 4.98 Å². The molecule has 0 aromatic carbocycles. The Morgan fingerprint density at radius 3 is 2.92 bits per heavy atom. The molecular formula is C7H9NO3S. The smallest absolute Gasteiger partial charge is 0.306 e. The van der Waals surface area contributed by atoms with Gasteiger partial charge >= 0.3 is 5.97 Å². The summed E-state index contributed by atoms with van der Waals surface area (Å²) < 4.78 is 0. The lowest BCUT2D eigenvalue weighted by molar-refractivity contribution is -0.139. The van der Waals surface area contributed by atoms with Crippen LogP contribution in [-0.4, -0.2) is 21.2 Å². The molecule has 4 nitrogen and oxygen atoms in total. The van der Waals surface area contributed by atoms with Gasteiger partial charge in [0.1, 0.15) is 6.10 Å². The largest absolute Gasteiger partial charge is 0.481 e. The van der Waals surface area contributed by atoms with Gasteiger partial charge < -0.3 is 10.2 Å². The van der Waals surface area contributed by atoms with Crippen molar-refractivity contribution < 1.29 is 15.0 Å². The van der Waals surface area contributed by atoms with Crippen LogP contribution in [0.5, 0.6) is 0 Å². The van der Waals surface area contributed by atoms with E-state index in [2.05, 4.69) is 4.98 Å². The summed E-state index contributed by atoms with van der Waals surface area (Å²) in [6, 6.07) is 0. The van der Waals surface area contributed by atoms with E-state index in [-0.39, 0.29) is 6.42 Å². The van der Waals surface area contributed by atoms with E-state index in [1.54, 1.807) is 0 Å². The molecule has 1 aromatic rings. The molecule has 0 saturated carbocycles. The van der Waals surface area contributed by atoms with Crippen molar-refractivity contribution in [1.29, 1.82) is 0 Å². The third-order valence-corrected chi connectivity index (χ3v) is 2.35. The van der Waals surface area contributed by atoms with Gasteiger partial charge in [-0.3, -0.25) is 4.79 Å². The maximum atomic E-state index is 10.2. The quantitative estimate of drug-likeness (QED) is 0.739. The maximum Gasteiger partial charge on any atom is 0.306 e. The van der Waals surface area contributed by atoms with Crippen LogP contribution in [0.25, 0.3) is 0 Å². The van der Waals surface area contributed by atoms with Crippen molar-refractivity contribution in [2.75, 3.05) is 0 Å². The van der Waals surface area contributed by atoms with Crippen LogP contribution in [0.4, 0.5) is 0 Å². The van der Waals surface area contributed by atoms with Gasteiger partial charge in [0.05, 0.1) is 16.3 Å². The van der Waals surface area contributed by atoms with Crippen molar-refractivity contribution in [2.24, 2.45) is 0 Å². The van der Waals surface area contributed by atoms with Crippen molar-refractivity contribution in [3.8, 4) is 0 Å². The molecule has 12 heavy (non-hydrogen) atoms. The molecule has 1 heterocycles. The zero-order valence-corrected chi connectivity index (χ0v) is 7.34. The molecule has 0 amide bonds. The molecular weight excluding hydrogens is 178 g/mol. The first-order valence-corrected chi connectivity index (χ1v) is 4.23. The van der Waals surface area contributed by atoms with E-state index in [1.165, 1.54) is 17.5 Å². The highest BCUT2D eigenvalue weighted by molar-refractivity contribution is 7.11. The Bertz CT molecular complexity index is 284. The number of thiazole rings is 1. The van der Waals surface area contributed by atoms with Crippen molar-refractivity contribution in [3.05, 3.63) is 16.1 Å². The fraction of sp³-hybridized carbons (Fsp3) is 0.429. The van der Waals surface area contributed by atoms with Gasteiger partial charge in [-0.05, 0) is 6.92 Å². The molecule has 0 saturated heterocycles. The third kappa shape index (κ3) is 2.28. The molecule has 0 radical (unpaired) electrons. The summed E-state index contributed by atoms with van der Waals surface area (Å²) >= 11 is 1.31. The third-order valence-electron chi connectivity index (χ3n) is 1.34. The SMILES string of the molecule is Cc1ncc([C@H](O)CC(=O)O)s1. The van der Waals surface area contributed by atoms with E-state index >= 15 is 0 Å². The van der Waals surface area contributed by atoms with E-state index < -0.39 is 12.1 Å². The highest BCUT2D eigenvalue weighted by Gasteiger charge is 2.13. The number of carbonyl (C=O) groups is 1. The molecule has 0 aliphatic rings. The van der Waals surface area contributed by atoms with Crippen LogP contribution >= 0.6 is 11.3 Å². The molecule has 1 atom stereocenters. The highest BCUT2D eigenvalue weighted by Crippen LogP contribution is 2.22. The Hall–Kier alpha value is -0.940. The van der Waals surface area contributed by atoms with E-state index in [1.807, 2.05) is 6.92 Å². The average molecular weight is 187 g/mol. The lowest BCUT2D eigenvalue weighted by Crippen LogP contribution is -2.03. The van der Waals surface area contributed by atoms with Crippen LogP contribution in [0.1, 0.15) is 22.4 Å². The summed E-state index contributed by atoms with van der Waals surface area (Å²) in [5, 5.41) is 18.5. The van der Waals surface area contributed by atoms with Crippen molar-refractivity contribution in [2.45, 2.75) is 19.4 Å². The molecule has 2 N–H and O–H groups in total. The summed E-state index contributed by atoms with van der Waals surface area (Å²) in [7, 11) is 0. The first-order chi connectivity index (χ1) is 5.59. The van der Waals surface area contributed by atoms with Crippen LogP contribution in [0.2, 0.25) is 0 Å². The molecule has 1 rings (SSSR count). The van der Waals surface area contributed by atoms with Gasteiger partial charge in [-0.1, -0.05) is 0 Å². The number of aryl methyl sites for hydroxylation is 1. The molecule has 0 bridgehead atoms. The Labute approximate surface area is 73.5 Å². The van der Waals surface area contributed by atoms with Gasteiger partial charge in [-0.15, -0.1) is 11.3 Å². The molecule has 0 spiro atoms. The average Bonchev–Trinajstić information content (AvgIpc) is 2.34. The van der Waals surface area contributed by atoms with Gasteiger partial charge in [0.15, 0.2) is 0 Å². The molecule has 1 aromatic heterocycles. The second-order valence-electron chi connectivity index (χ2n) is 2.40. The number of hydrogen-bond acceptors (Lipinski definition) is 4. The Balaban J connectivity index is 2.64. The number of hydrogen-bond donors (Lipinski definition) is 2. The lowest BCUT2D eigenvalue weighted by atomic mass is 10.2. The van der Waals surface area contributed by atoms with Gasteiger partial charge in [-0.2, -0.15) is 0 Å². The number of aromatic nitrogens is 1. The second-order valence-corrected chi connectivity index (χ2v) is 3.66. The highest BCUT2D eigenvalue weighted by atomic mass is 32.1. The maximum absolute atomic E-state index is 10.2. The number of aliphatic hydroxyl groups is 1. The zero-order valence-electron chi connectivity index (χ0n) is 6.52. The van der Waals surface area contributed by atoms with Gasteiger partial charge in [0, 0.05) is 6.20 Å². The van der Waals surface area contributed by atoms with Crippen LogP contribution < -0.4 is 0 Å². The molecule has 0 aliphatic carbocycles. The Kier molecular flexibility index (Phi) is 2.78. The Morgan fingerprint density at radius 2 is 2.50 bits per heavy atom. The Morgan fingerprint density at radius 1 is 1.83 bits per heavy atom. The molecule has 0 aliphatic heterocycles. The number of nitrogens with zero attached hydrogens (tertiary/aromatic N) is 1. The monoisotopic (exact) mass is 187 g/mol. The standard InChI is InChI=1S/C7H9NO3S/c1-4-8-3-6(12-4)5(9)2-7(10)11/h3,5,9H,2H2,1H3,(H,10,11)/t5-/m1/s1. The van der Waals surface area contributed by atoms with Crippen LogP contribution in [0, 0.1) is 6.92 Å². The summed E-state index contributed by atoms with van der Waals surface area (Å²) in [4.78, 5) is 14.7. The number of carboxylic acid groups (broad SMARTS) is 1. The van der Waals surface area contributed by atoms with Gasteiger partial charge in [0.2, 0.25) is 0 Å². The van der Waals surface area contributed by atoms with E-state index in [9.17, 15) is 9.90 Å². The number of aliphatic hydroxyl groups excluding tert-OH is 1. The van der Waals surface area contributed by atoms with Gasteiger partial charge in [0.25, 0.3) is 0 Å². The number of carboxylic acids is 1. The fourth-order valence-corrected chi connectivity index (χ4v) is 1.57. The predicted octanol–water partition coefficient (Wildman–Crippen LogP) is 0.960. The lowest BCUT2D eigenvalue weighted by Gasteiger charge is -2.02. The summed E-state index contributed by atoms with van der Waals surface area (Å²) in [6.45, 7) is 1.81. The molecule has 0 fully saturated rings. The summed E-state index contributed by atoms with van der Waals surface area (Å²) in [5.41, 5.74) is 0. The minimum absolute atomic E-state index is 0.262. The van der Waals surface area contributed by atoms with E-state index in [0.29, 0.717) is 4.88 Å². The molecule has 0 unspecified atom stereocenters. The minimum Gasteiger partial charge on any atom is -0.481 e. The fourth-order valence-electron chi connectivity index (χ4n) is 0.798. The summed E-state index contributed by atoms with van der Waals surface area (Å²) in [5.74, 6) is -1.01. The number of rotatable bonds is 3. The van der Waals surface area contributed by atoms with Crippen molar-refractivity contribution in [3.63, 3.8) is 0 Å². The minimum atomic E-state index is -1.01. The van der Waals surface area contributed by atoms with Crippen LogP contribution in [0.3, 0.4) is 0 Å². The van der Waals surface area contributed by atoms with E-state index in [4.69, 9.17) is 5.11 Å². The van der Waals surface area contributed by atoms with Crippen molar-refractivity contribution in [1.82, 2.24) is 4.98 Å². The topological polar surface area (TPSA) is 70.4 Å². The molecule has 5 heteroatoms. The predicted molar refractivity (Wildman–Crippen MR) is 44.1 cm³/mol. The first-order valence-electron chi connectivity index (χ1n) is 3.42. The van der Waals surface area contributed by atoms with Crippen LogP contribution in [-0.2, 0) is 4.79 Å². The molecule has 66 valence electrons. The second kappa shape index (κ2) is 3.64. The number of aliphatic carboxylic acids is 1. The van der Waals surface area contributed by atoms with Crippen molar-refractivity contribution >= 4 is 17.3 Å². The first kappa shape index (κ1) is 9.15.